The van der Waals surface area contributed by atoms with Gasteiger partial charge in [0, 0.05) is 12.6 Å². The molecule has 0 aliphatic rings. The van der Waals surface area contributed by atoms with E-state index < -0.39 is 6.67 Å². The number of nitrogens with one attached hydrogen (secondary N) is 1. The van der Waals surface area contributed by atoms with Crippen molar-refractivity contribution in [2.24, 2.45) is 0 Å². The molecule has 0 aliphatic heterocycles. The van der Waals surface area contributed by atoms with E-state index in [2.05, 4.69) is 5.32 Å². The largest absolute Gasteiger partial charge is 0.308 e. The van der Waals surface area contributed by atoms with Crippen molar-refractivity contribution in [1.82, 2.24) is 5.32 Å². The van der Waals surface area contributed by atoms with E-state index in [0.29, 0.717) is 12.1 Å². The van der Waals surface area contributed by atoms with Crippen molar-refractivity contribution in [2.45, 2.75) is 19.9 Å². The molecule has 0 saturated heterocycles. The molecule has 0 bridgehead atoms. The summed E-state index contributed by atoms with van der Waals surface area (Å²) in [6.45, 7) is 3.51. The van der Waals surface area contributed by atoms with Crippen LogP contribution in [0.4, 0.5) is 8.78 Å². The summed E-state index contributed by atoms with van der Waals surface area (Å²) in [6.07, 6.45) is 0. The number of alkyl halides is 1. The van der Waals surface area contributed by atoms with Crippen molar-refractivity contribution >= 4 is 0 Å². The Bertz CT molecular complexity index is 299. The van der Waals surface area contributed by atoms with Gasteiger partial charge in [-0.25, -0.2) is 8.78 Å². The third kappa shape index (κ3) is 2.77. The normalized spacial score (nSPS) is 12.9. The van der Waals surface area contributed by atoms with Crippen LogP contribution in [-0.2, 0) is 0 Å². The molecule has 14 heavy (non-hydrogen) atoms. The highest BCUT2D eigenvalue weighted by Crippen LogP contribution is 2.15. The minimum Gasteiger partial charge on any atom is -0.308 e. The van der Waals surface area contributed by atoms with Crippen molar-refractivity contribution in [3.8, 4) is 0 Å². The lowest BCUT2D eigenvalue weighted by Crippen LogP contribution is -2.21. The third-order valence-electron chi connectivity index (χ3n) is 2.24. The Morgan fingerprint density at radius 3 is 2.71 bits per heavy atom. The lowest BCUT2D eigenvalue weighted by atomic mass is 10.1. The second-order valence-corrected chi connectivity index (χ2v) is 3.37. The van der Waals surface area contributed by atoms with Gasteiger partial charge < -0.3 is 5.32 Å². The van der Waals surface area contributed by atoms with E-state index in [9.17, 15) is 8.78 Å². The quantitative estimate of drug-likeness (QED) is 0.786. The van der Waals surface area contributed by atoms with Crippen molar-refractivity contribution in [1.29, 1.82) is 0 Å². The molecule has 0 radical (unpaired) electrons. The summed E-state index contributed by atoms with van der Waals surface area (Å²) < 4.78 is 25.0. The number of benzene rings is 1. The second-order valence-electron chi connectivity index (χ2n) is 3.37. The zero-order chi connectivity index (χ0) is 10.6. The van der Waals surface area contributed by atoms with Crippen LogP contribution in [0.25, 0.3) is 0 Å². The minimum absolute atomic E-state index is 0.0131. The van der Waals surface area contributed by atoms with Crippen molar-refractivity contribution in [3.05, 3.63) is 35.1 Å². The van der Waals surface area contributed by atoms with Gasteiger partial charge in [-0.3, -0.25) is 0 Å². The molecule has 0 spiro atoms. The van der Waals surface area contributed by atoms with Crippen LogP contribution < -0.4 is 5.32 Å². The van der Waals surface area contributed by atoms with Crippen LogP contribution in [0.1, 0.15) is 24.1 Å². The molecule has 1 unspecified atom stereocenters. The Balaban J connectivity index is 2.70. The summed E-state index contributed by atoms with van der Waals surface area (Å²) in [6, 6.07) is 5.07. The van der Waals surface area contributed by atoms with Crippen LogP contribution in [0.2, 0.25) is 0 Å². The number of hydrogen-bond acceptors (Lipinski definition) is 1. The summed E-state index contributed by atoms with van der Waals surface area (Å²) >= 11 is 0. The van der Waals surface area contributed by atoms with Gasteiger partial charge in [-0.2, -0.15) is 0 Å². The van der Waals surface area contributed by atoms with Gasteiger partial charge in [0.2, 0.25) is 0 Å². The molecular formula is C11H15F2N. The highest BCUT2D eigenvalue weighted by Gasteiger charge is 2.06. The summed E-state index contributed by atoms with van der Waals surface area (Å²) in [5.74, 6) is -0.212. The molecule has 3 heteroatoms. The van der Waals surface area contributed by atoms with Crippen LogP contribution in [0, 0.1) is 12.7 Å². The fourth-order valence-corrected chi connectivity index (χ4v) is 1.27. The topological polar surface area (TPSA) is 12.0 Å². The monoisotopic (exact) mass is 199 g/mol. The molecule has 0 heterocycles. The molecule has 0 amide bonds. The maximum absolute atomic E-state index is 13.2. The first kappa shape index (κ1) is 11.1. The molecule has 1 nitrogen and oxygen atoms in total. The average molecular weight is 199 g/mol. The summed E-state index contributed by atoms with van der Waals surface area (Å²) in [5, 5.41) is 2.95. The first-order chi connectivity index (χ1) is 6.65. The highest BCUT2D eigenvalue weighted by molar-refractivity contribution is 5.25. The Labute approximate surface area is 83.1 Å². The molecule has 0 saturated carbocycles. The van der Waals surface area contributed by atoms with Crippen LogP contribution in [0.5, 0.6) is 0 Å². The average Bonchev–Trinajstić information content (AvgIpc) is 2.18. The van der Waals surface area contributed by atoms with Gasteiger partial charge in [0.15, 0.2) is 0 Å². The number of halogens is 2. The van der Waals surface area contributed by atoms with Gasteiger partial charge in [0.25, 0.3) is 0 Å². The van der Waals surface area contributed by atoms with Gasteiger partial charge >= 0.3 is 0 Å². The SMILES string of the molecule is Cc1ccc(C(C)NCCF)cc1F. The van der Waals surface area contributed by atoms with Crippen molar-refractivity contribution in [3.63, 3.8) is 0 Å². The Kier molecular flexibility index (Phi) is 4.01. The highest BCUT2D eigenvalue weighted by atomic mass is 19.1. The van der Waals surface area contributed by atoms with Crippen molar-refractivity contribution < 1.29 is 8.78 Å². The molecule has 0 aliphatic carbocycles. The maximum Gasteiger partial charge on any atom is 0.126 e. The van der Waals surface area contributed by atoms with Crippen LogP contribution >= 0.6 is 0 Å². The number of rotatable bonds is 4. The summed E-state index contributed by atoms with van der Waals surface area (Å²) in [4.78, 5) is 0. The minimum atomic E-state index is -0.404. The molecule has 0 fully saturated rings. The second kappa shape index (κ2) is 5.05. The zero-order valence-corrected chi connectivity index (χ0v) is 8.48. The molecule has 1 N–H and O–H groups in total. The van der Waals surface area contributed by atoms with E-state index in [1.165, 1.54) is 6.07 Å². The summed E-state index contributed by atoms with van der Waals surface area (Å²) in [5.41, 5.74) is 1.48. The fourth-order valence-electron chi connectivity index (χ4n) is 1.27. The molecule has 1 atom stereocenters. The van der Waals surface area contributed by atoms with Gasteiger partial charge in [-0.05, 0) is 31.0 Å². The predicted octanol–water partition coefficient (Wildman–Crippen LogP) is 2.75. The molecule has 0 aromatic heterocycles. The Morgan fingerprint density at radius 1 is 1.43 bits per heavy atom. The molecule has 1 aromatic rings. The predicted molar refractivity (Wildman–Crippen MR) is 53.5 cm³/mol. The Hall–Kier alpha value is -0.960. The van der Waals surface area contributed by atoms with Gasteiger partial charge in [-0.1, -0.05) is 12.1 Å². The number of hydrogen-bond donors (Lipinski definition) is 1. The summed E-state index contributed by atoms with van der Waals surface area (Å²) in [7, 11) is 0. The van der Waals surface area contributed by atoms with E-state index in [4.69, 9.17) is 0 Å². The molecule has 1 aromatic carbocycles. The van der Waals surface area contributed by atoms with Gasteiger partial charge in [0.1, 0.15) is 12.5 Å². The molecule has 78 valence electrons. The third-order valence-corrected chi connectivity index (χ3v) is 2.24. The lowest BCUT2D eigenvalue weighted by molar-refractivity contribution is 0.443. The van der Waals surface area contributed by atoms with Gasteiger partial charge in [0.05, 0.1) is 0 Å². The molecule has 1 rings (SSSR count). The standard InChI is InChI=1S/C11H15F2N/c1-8-3-4-10(7-11(8)13)9(2)14-6-5-12/h3-4,7,9,14H,5-6H2,1-2H3. The van der Waals surface area contributed by atoms with Crippen LogP contribution in [0.15, 0.2) is 18.2 Å². The van der Waals surface area contributed by atoms with Crippen LogP contribution in [-0.4, -0.2) is 13.2 Å². The lowest BCUT2D eigenvalue weighted by Gasteiger charge is -2.13. The first-order valence-corrected chi connectivity index (χ1v) is 4.70. The zero-order valence-electron chi connectivity index (χ0n) is 8.48. The van der Waals surface area contributed by atoms with Gasteiger partial charge in [-0.15, -0.1) is 0 Å². The first-order valence-electron chi connectivity index (χ1n) is 4.70. The van der Waals surface area contributed by atoms with E-state index in [1.807, 2.05) is 13.0 Å². The maximum atomic E-state index is 13.2. The smallest absolute Gasteiger partial charge is 0.126 e. The molecular weight excluding hydrogens is 184 g/mol. The fraction of sp³-hybridized carbons (Fsp3) is 0.455. The van der Waals surface area contributed by atoms with Crippen LogP contribution in [0.3, 0.4) is 0 Å². The van der Waals surface area contributed by atoms with E-state index in [1.54, 1.807) is 13.0 Å². The Morgan fingerprint density at radius 2 is 2.14 bits per heavy atom. The number of aryl methyl sites for hydroxylation is 1. The van der Waals surface area contributed by atoms with Crippen molar-refractivity contribution in [2.75, 3.05) is 13.2 Å². The van der Waals surface area contributed by atoms with E-state index >= 15 is 0 Å². The van der Waals surface area contributed by atoms with E-state index in [-0.39, 0.29) is 11.9 Å². The van der Waals surface area contributed by atoms with E-state index in [0.717, 1.165) is 5.56 Å².